The van der Waals surface area contributed by atoms with Gasteiger partial charge in [-0.25, -0.2) is 0 Å². The van der Waals surface area contributed by atoms with Crippen LogP contribution in [0.1, 0.15) is 12.5 Å². The third kappa shape index (κ3) is 1.58. The lowest BCUT2D eigenvalue weighted by Crippen LogP contribution is -1.99. The van der Waals surface area contributed by atoms with Gasteiger partial charge >= 0.3 is 0 Å². The molecule has 0 amide bonds. The summed E-state index contributed by atoms with van der Waals surface area (Å²) in [7, 11) is 0. The molecule has 0 fully saturated rings. The summed E-state index contributed by atoms with van der Waals surface area (Å²) in [4.78, 5) is 0. The molecule has 0 aliphatic heterocycles. The topological polar surface area (TPSA) is 70.1 Å². The number of rotatable bonds is 1. The van der Waals surface area contributed by atoms with Gasteiger partial charge in [-0.2, -0.15) is 0 Å². The van der Waals surface area contributed by atoms with Crippen LogP contribution in [0.2, 0.25) is 0 Å². The number of halogens is 1. The lowest BCUT2D eigenvalue weighted by atomic mass is 10.1. The van der Waals surface area contributed by atoms with E-state index in [2.05, 4.69) is 15.9 Å². The van der Waals surface area contributed by atoms with E-state index in [4.69, 9.17) is 11.1 Å². The Labute approximate surface area is 78.8 Å². The van der Waals surface area contributed by atoms with E-state index < -0.39 is 0 Å². The monoisotopic (exact) mass is 228 g/mol. The Kier molecular flexibility index (Phi) is 2.38. The van der Waals surface area contributed by atoms with E-state index >= 15 is 0 Å². The van der Waals surface area contributed by atoms with Crippen molar-refractivity contribution >= 4 is 27.3 Å². The first-order chi connectivity index (χ1) is 5.52. The lowest BCUT2D eigenvalue weighted by molar-refractivity contribution is 0.474. The Morgan fingerprint density at radius 2 is 2.17 bits per heavy atom. The Morgan fingerprint density at radius 3 is 2.58 bits per heavy atom. The molecule has 0 radical (unpaired) electrons. The number of hydrogen-bond acceptors (Lipinski definition) is 3. The number of hydrogen-bond donors (Lipinski definition) is 3. The Morgan fingerprint density at radius 1 is 1.58 bits per heavy atom. The first kappa shape index (κ1) is 9.06. The third-order valence-electron chi connectivity index (χ3n) is 1.49. The number of nitrogens with two attached hydrogens (primary N) is 1. The minimum absolute atomic E-state index is 0.0365. The molecule has 0 saturated carbocycles. The largest absolute Gasteiger partial charge is 0.507 e. The van der Waals surface area contributed by atoms with Gasteiger partial charge in [-0.05, 0) is 19.1 Å². The van der Waals surface area contributed by atoms with Crippen LogP contribution in [0.4, 0.5) is 5.69 Å². The van der Waals surface area contributed by atoms with E-state index in [1.807, 2.05) is 0 Å². The summed E-state index contributed by atoms with van der Waals surface area (Å²) in [5, 5.41) is 16.7. The standard InChI is InChI=1S/C8H9BrN2O/c1-4(10)8-6(11)2-5(9)3-7(8)12/h2-3,10,12H,11H2,1H3. The molecule has 1 aromatic carbocycles. The molecule has 0 atom stereocenters. The van der Waals surface area contributed by atoms with Gasteiger partial charge < -0.3 is 16.2 Å². The van der Waals surface area contributed by atoms with Gasteiger partial charge in [0.1, 0.15) is 5.75 Å². The van der Waals surface area contributed by atoms with Gasteiger partial charge in [0.25, 0.3) is 0 Å². The molecule has 4 N–H and O–H groups in total. The molecule has 0 unspecified atom stereocenters. The number of phenols is 1. The van der Waals surface area contributed by atoms with E-state index in [1.165, 1.54) is 6.07 Å². The minimum atomic E-state index is 0.0365. The molecular weight excluding hydrogens is 220 g/mol. The molecule has 0 aliphatic rings. The average molecular weight is 229 g/mol. The second kappa shape index (κ2) is 3.15. The fourth-order valence-corrected chi connectivity index (χ4v) is 1.49. The zero-order valence-corrected chi connectivity index (χ0v) is 8.14. The maximum atomic E-state index is 9.39. The highest BCUT2D eigenvalue weighted by Gasteiger charge is 2.08. The van der Waals surface area contributed by atoms with E-state index in [-0.39, 0.29) is 11.5 Å². The summed E-state index contributed by atoms with van der Waals surface area (Å²) >= 11 is 3.19. The van der Waals surface area contributed by atoms with Crippen LogP contribution < -0.4 is 5.73 Å². The molecule has 12 heavy (non-hydrogen) atoms. The SMILES string of the molecule is CC(=N)c1c(N)cc(Br)cc1O. The van der Waals surface area contributed by atoms with E-state index in [9.17, 15) is 5.11 Å². The Hall–Kier alpha value is -1.03. The number of anilines is 1. The van der Waals surface area contributed by atoms with E-state index in [0.29, 0.717) is 15.7 Å². The summed E-state index contributed by atoms with van der Waals surface area (Å²) in [6, 6.07) is 3.18. The lowest BCUT2D eigenvalue weighted by Gasteiger charge is -2.06. The molecular formula is C8H9BrN2O. The van der Waals surface area contributed by atoms with Gasteiger partial charge in [0.05, 0.1) is 5.56 Å². The molecule has 64 valence electrons. The Bertz CT molecular complexity index is 313. The maximum absolute atomic E-state index is 9.39. The molecule has 0 aliphatic carbocycles. The summed E-state index contributed by atoms with van der Waals surface area (Å²) in [5.41, 5.74) is 6.67. The summed E-state index contributed by atoms with van der Waals surface area (Å²) < 4.78 is 0.711. The molecule has 0 bridgehead atoms. The smallest absolute Gasteiger partial charge is 0.127 e. The number of aromatic hydroxyl groups is 1. The van der Waals surface area contributed by atoms with Crippen LogP contribution in [-0.4, -0.2) is 10.8 Å². The first-order valence-corrected chi connectivity index (χ1v) is 4.15. The average Bonchev–Trinajstić information content (AvgIpc) is 1.82. The van der Waals surface area contributed by atoms with Crippen molar-refractivity contribution in [3.63, 3.8) is 0 Å². The quantitative estimate of drug-likeness (QED) is 0.509. The third-order valence-corrected chi connectivity index (χ3v) is 1.95. The molecule has 0 aromatic heterocycles. The molecule has 0 spiro atoms. The predicted molar refractivity (Wildman–Crippen MR) is 52.7 cm³/mol. The molecule has 1 aromatic rings. The second-order valence-corrected chi connectivity index (χ2v) is 3.43. The van der Waals surface area contributed by atoms with Crippen molar-refractivity contribution in [2.24, 2.45) is 0 Å². The highest BCUT2D eigenvalue weighted by molar-refractivity contribution is 9.10. The summed E-state index contributed by atoms with van der Waals surface area (Å²) in [6.07, 6.45) is 0. The number of nitrogen functional groups attached to an aromatic ring is 1. The maximum Gasteiger partial charge on any atom is 0.127 e. The van der Waals surface area contributed by atoms with Crippen LogP contribution in [0.15, 0.2) is 16.6 Å². The van der Waals surface area contributed by atoms with Crippen molar-refractivity contribution in [2.75, 3.05) is 5.73 Å². The fourth-order valence-electron chi connectivity index (χ4n) is 1.02. The van der Waals surface area contributed by atoms with Gasteiger partial charge in [0.2, 0.25) is 0 Å². The van der Waals surface area contributed by atoms with Crippen molar-refractivity contribution < 1.29 is 5.11 Å². The first-order valence-electron chi connectivity index (χ1n) is 3.36. The van der Waals surface area contributed by atoms with Crippen molar-refractivity contribution in [1.82, 2.24) is 0 Å². The van der Waals surface area contributed by atoms with Crippen LogP contribution in [0.3, 0.4) is 0 Å². The molecule has 4 heteroatoms. The normalized spacial score (nSPS) is 9.83. The molecule has 0 saturated heterocycles. The number of benzene rings is 1. The van der Waals surface area contributed by atoms with Crippen molar-refractivity contribution in [3.8, 4) is 5.75 Å². The summed E-state index contributed by atoms with van der Waals surface area (Å²) in [5.74, 6) is 0.0365. The number of nitrogens with one attached hydrogen (secondary N) is 1. The van der Waals surface area contributed by atoms with Crippen LogP contribution >= 0.6 is 15.9 Å². The zero-order chi connectivity index (χ0) is 9.30. The van der Waals surface area contributed by atoms with Crippen LogP contribution in [0, 0.1) is 5.41 Å². The van der Waals surface area contributed by atoms with Gasteiger partial charge in [0.15, 0.2) is 0 Å². The van der Waals surface area contributed by atoms with Gasteiger partial charge in [-0.15, -0.1) is 0 Å². The highest BCUT2D eigenvalue weighted by atomic mass is 79.9. The van der Waals surface area contributed by atoms with Crippen LogP contribution in [0.5, 0.6) is 5.75 Å². The number of phenolic OH excluding ortho intramolecular Hbond substituents is 1. The molecule has 3 nitrogen and oxygen atoms in total. The van der Waals surface area contributed by atoms with E-state index in [1.54, 1.807) is 13.0 Å². The van der Waals surface area contributed by atoms with E-state index in [0.717, 1.165) is 0 Å². The Balaban J connectivity index is 3.38. The van der Waals surface area contributed by atoms with Crippen molar-refractivity contribution in [2.45, 2.75) is 6.92 Å². The van der Waals surface area contributed by atoms with Gasteiger partial charge in [-0.1, -0.05) is 15.9 Å². The van der Waals surface area contributed by atoms with Gasteiger partial charge in [0, 0.05) is 15.9 Å². The second-order valence-electron chi connectivity index (χ2n) is 2.51. The van der Waals surface area contributed by atoms with Gasteiger partial charge in [-0.3, -0.25) is 0 Å². The van der Waals surface area contributed by atoms with Crippen molar-refractivity contribution in [3.05, 3.63) is 22.2 Å². The summed E-state index contributed by atoms with van der Waals surface area (Å²) in [6.45, 7) is 1.58. The fraction of sp³-hybridized carbons (Fsp3) is 0.125. The van der Waals surface area contributed by atoms with Crippen LogP contribution in [-0.2, 0) is 0 Å². The van der Waals surface area contributed by atoms with Crippen molar-refractivity contribution in [1.29, 1.82) is 5.41 Å². The predicted octanol–water partition coefficient (Wildman–Crippen LogP) is 2.12. The minimum Gasteiger partial charge on any atom is -0.507 e. The molecule has 0 heterocycles. The zero-order valence-electron chi connectivity index (χ0n) is 6.56. The highest BCUT2D eigenvalue weighted by Crippen LogP contribution is 2.28. The van der Waals surface area contributed by atoms with Crippen LogP contribution in [0.25, 0.3) is 0 Å². The molecule has 1 rings (SSSR count).